The van der Waals surface area contributed by atoms with Crippen molar-refractivity contribution in [3.8, 4) is 0 Å². The van der Waals surface area contributed by atoms with E-state index in [0.29, 0.717) is 26.4 Å². The van der Waals surface area contributed by atoms with Gasteiger partial charge in [-0.3, -0.25) is 0 Å². The molecule has 0 aliphatic carbocycles. The first-order chi connectivity index (χ1) is 7.24. The summed E-state index contributed by atoms with van der Waals surface area (Å²) in [6, 6.07) is -0.168. The first kappa shape index (κ1) is 14.2. The Hall–Kier alpha value is -0.810. The number of carbonyl (C=O) groups is 1. The van der Waals surface area contributed by atoms with Gasteiger partial charge in [0, 0.05) is 13.2 Å². The van der Waals surface area contributed by atoms with Gasteiger partial charge in [-0.05, 0) is 13.3 Å². The molecule has 0 bridgehead atoms. The van der Waals surface area contributed by atoms with Crippen LogP contribution in [0.3, 0.4) is 0 Å². The second-order valence-corrected chi connectivity index (χ2v) is 3.23. The summed E-state index contributed by atoms with van der Waals surface area (Å²) in [7, 11) is 0. The lowest BCUT2D eigenvalue weighted by Gasteiger charge is -2.16. The number of hydrogen-bond acceptors (Lipinski definition) is 4. The summed E-state index contributed by atoms with van der Waals surface area (Å²) in [6.45, 7) is 5.78. The van der Waals surface area contributed by atoms with E-state index in [9.17, 15) is 4.79 Å². The minimum atomic E-state index is -0.418. The SMILES string of the molecule is CCCCOC(=O)N[C@H](CN)COCC. The van der Waals surface area contributed by atoms with E-state index in [-0.39, 0.29) is 6.04 Å². The van der Waals surface area contributed by atoms with Crippen molar-refractivity contribution in [1.29, 1.82) is 0 Å². The number of rotatable bonds is 8. The molecule has 0 aliphatic rings. The van der Waals surface area contributed by atoms with Crippen molar-refractivity contribution in [1.82, 2.24) is 5.32 Å². The number of carbonyl (C=O) groups excluding carboxylic acids is 1. The van der Waals surface area contributed by atoms with Crippen molar-refractivity contribution in [3.05, 3.63) is 0 Å². The van der Waals surface area contributed by atoms with Crippen molar-refractivity contribution < 1.29 is 14.3 Å². The van der Waals surface area contributed by atoms with Crippen LogP contribution in [-0.2, 0) is 9.47 Å². The van der Waals surface area contributed by atoms with Crippen LogP contribution in [0.15, 0.2) is 0 Å². The topological polar surface area (TPSA) is 73.6 Å². The molecule has 0 unspecified atom stereocenters. The fourth-order valence-corrected chi connectivity index (χ4v) is 0.946. The molecule has 0 aromatic rings. The summed E-state index contributed by atoms with van der Waals surface area (Å²) in [5.74, 6) is 0. The van der Waals surface area contributed by atoms with Gasteiger partial charge in [-0.2, -0.15) is 0 Å². The van der Waals surface area contributed by atoms with Crippen molar-refractivity contribution in [3.63, 3.8) is 0 Å². The molecule has 0 aliphatic heterocycles. The zero-order valence-electron chi connectivity index (χ0n) is 9.62. The highest BCUT2D eigenvalue weighted by Crippen LogP contribution is 1.90. The van der Waals surface area contributed by atoms with E-state index in [0.717, 1.165) is 12.8 Å². The van der Waals surface area contributed by atoms with Gasteiger partial charge in [0.05, 0.1) is 19.3 Å². The van der Waals surface area contributed by atoms with Crippen LogP contribution in [0, 0.1) is 0 Å². The third-order valence-corrected chi connectivity index (χ3v) is 1.86. The molecule has 0 aromatic heterocycles. The number of nitrogens with two attached hydrogens (primary N) is 1. The lowest BCUT2D eigenvalue weighted by atomic mass is 10.3. The van der Waals surface area contributed by atoms with Gasteiger partial charge >= 0.3 is 6.09 Å². The first-order valence-corrected chi connectivity index (χ1v) is 5.45. The molecule has 1 amide bonds. The molecule has 0 saturated heterocycles. The van der Waals surface area contributed by atoms with E-state index < -0.39 is 6.09 Å². The summed E-state index contributed by atoms with van der Waals surface area (Å²) in [4.78, 5) is 11.2. The molecule has 5 nitrogen and oxygen atoms in total. The van der Waals surface area contributed by atoms with Crippen molar-refractivity contribution in [2.75, 3.05) is 26.4 Å². The summed E-state index contributed by atoms with van der Waals surface area (Å²) in [5, 5.41) is 2.65. The van der Waals surface area contributed by atoms with Gasteiger partial charge in [-0.15, -0.1) is 0 Å². The van der Waals surface area contributed by atoms with Crippen LogP contribution in [0.2, 0.25) is 0 Å². The summed E-state index contributed by atoms with van der Waals surface area (Å²) >= 11 is 0. The van der Waals surface area contributed by atoms with E-state index in [2.05, 4.69) is 5.32 Å². The maximum absolute atomic E-state index is 11.2. The molecule has 5 heteroatoms. The van der Waals surface area contributed by atoms with Gasteiger partial charge in [-0.1, -0.05) is 13.3 Å². The highest BCUT2D eigenvalue weighted by molar-refractivity contribution is 5.67. The molecule has 0 aromatic carbocycles. The minimum Gasteiger partial charge on any atom is -0.450 e. The number of nitrogens with one attached hydrogen (secondary N) is 1. The Morgan fingerprint density at radius 1 is 1.47 bits per heavy atom. The molecule has 0 fully saturated rings. The van der Waals surface area contributed by atoms with E-state index in [1.165, 1.54) is 0 Å². The van der Waals surface area contributed by atoms with Crippen molar-refractivity contribution in [2.24, 2.45) is 5.73 Å². The third kappa shape index (κ3) is 8.20. The molecular formula is C10H22N2O3. The van der Waals surface area contributed by atoms with Crippen LogP contribution in [0.4, 0.5) is 4.79 Å². The lowest BCUT2D eigenvalue weighted by Crippen LogP contribution is -2.43. The summed E-state index contributed by atoms with van der Waals surface area (Å²) in [6.07, 6.45) is 1.47. The van der Waals surface area contributed by atoms with Gasteiger partial charge in [-0.25, -0.2) is 4.79 Å². The Labute approximate surface area is 91.3 Å². The smallest absolute Gasteiger partial charge is 0.407 e. The van der Waals surface area contributed by atoms with E-state index in [4.69, 9.17) is 15.2 Å². The number of hydrogen-bond donors (Lipinski definition) is 2. The standard InChI is InChI=1S/C10H22N2O3/c1-3-5-6-15-10(13)12-9(7-11)8-14-4-2/h9H,3-8,11H2,1-2H3,(H,12,13)/t9-/m1/s1. The van der Waals surface area contributed by atoms with Gasteiger partial charge < -0.3 is 20.5 Å². The summed E-state index contributed by atoms with van der Waals surface area (Å²) in [5.41, 5.74) is 5.47. The van der Waals surface area contributed by atoms with Crippen molar-refractivity contribution >= 4 is 6.09 Å². The first-order valence-electron chi connectivity index (χ1n) is 5.45. The maximum Gasteiger partial charge on any atom is 0.407 e. The number of amides is 1. The highest BCUT2D eigenvalue weighted by Gasteiger charge is 2.10. The average Bonchev–Trinajstić information content (AvgIpc) is 2.24. The second kappa shape index (κ2) is 9.73. The van der Waals surface area contributed by atoms with Gasteiger partial charge in [0.25, 0.3) is 0 Å². The molecule has 0 spiro atoms. The van der Waals surface area contributed by atoms with E-state index in [1.807, 2.05) is 13.8 Å². The highest BCUT2D eigenvalue weighted by atomic mass is 16.5. The number of unbranched alkanes of at least 4 members (excludes halogenated alkanes) is 1. The largest absolute Gasteiger partial charge is 0.450 e. The second-order valence-electron chi connectivity index (χ2n) is 3.23. The normalized spacial score (nSPS) is 12.2. The van der Waals surface area contributed by atoms with Crippen LogP contribution in [0.5, 0.6) is 0 Å². The van der Waals surface area contributed by atoms with Gasteiger partial charge in [0.1, 0.15) is 0 Å². The number of ether oxygens (including phenoxy) is 2. The third-order valence-electron chi connectivity index (χ3n) is 1.86. The molecule has 90 valence electrons. The summed E-state index contributed by atoms with van der Waals surface area (Å²) < 4.78 is 10.1. The maximum atomic E-state index is 11.2. The average molecular weight is 218 g/mol. The van der Waals surface area contributed by atoms with E-state index in [1.54, 1.807) is 0 Å². The predicted molar refractivity (Wildman–Crippen MR) is 58.7 cm³/mol. The Bertz CT molecular complexity index is 165. The Balaban J connectivity index is 3.60. The lowest BCUT2D eigenvalue weighted by molar-refractivity contribution is 0.108. The van der Waals surface area contributed by atoms with Gasteiger partial charge in [0.15, 0.2) is 0 Å². The fraction of sp³-hybridized carbons (Fsp3) is 0.900. The number of alkyl carbamates (subject to hydrolysis) is 1. The van der Waals surface area contributed by atoms with Crippen LogP contribution in [-0.4, -0.2) is 38.5 Å². The Morgan fingerprint density at radius 3 is 2.73 bits per heavy atom. The zero-order chi connectivity index (χ0) is 11.5. The fourth-order valence-electron chi connectivity index (χ4n) is 0.946. The molecular weight excluding hydrogens is 196 g/mol. The monoisotopic (exact) mass is 218 g/mol. The predicted octanol–water partition coefficient (Wildman–Crippen LogP) is 0.876. The zero-order valence-corrected chi connectivity index (χ0v) is 9.62. The van der Waals surface area contributed by atoms with E-state index >= 15 is 0 Å². The van der Waals surface area contributed by atoms with Crippen LogP contribution < -0.4 is 11.1 Å². The molecule has 15 heavy (non-hydrogen) atoms. The molecule has 0 saturated carbocycles. The quantitative estimate of drug-likeness (QED) is 0.593. The minimum absolute atomic E-state index is 0.168. The van der Waals surface area contributed by atoms with Crippen LogP contribution in [0.1, 0.15) is 26.7 Å². The molecule has 0 rings (SSSR count). The molecule has 0 heterocycles. The van der Waals surface area contributed by atoms with Crippen molar-refractivity contribution in [2.45, 2.75) is 32.7 Å². The van der Waals surface area contributed by atoms with Gasteiger partial charge in [0.2, 0.25) is 0 Å². The molecule has 1 atom stereocenters. The van der Waals surface area contributed by atoms with Crippen LogP contribution in [0.25, 0.3) is 0 Å². The molecule has 0 radical (unpaired) electrons. The molecule has 3 N–H and O–H groups in total. The Morgan fingerprint density at radius 2 is 2.20 bits per heavy atom. The van der Waals surface area contributed by atoms with Crippen LogP contribution >= 0.6 is 0 Å². The Kier molecular flexibility index (Phi) is 9.21.